The van der Waals surface area contributed by atoms with E-state index in [1.54, 1.807) is 0 Å². The van der Waals surface area contributed by atoms with E-state index in [1.807, 2.05) is 0 Å². The summed E-state index contributed by atoms with van der Waals surface area (Å²) in [6, 6.07) is 1.29. The highest BCUT2D eigenvalue weighted by Crippen LogP contribution is 2.59. The van der Waals surface area contributed by atoms with Crippen LogP contribution in [0.1, 0.15) is 19.3 Å². The minimum Gasteiger partial charge on any atom is -0.481 e. The summed E-state index contributed by atoms with van der Waals surface area (Å²) in [5.74, 6) is -1.21. The van der Waals surface area contributed by atoms with Gasteiger partial charge in [-0.15, -0.1) is 0 Å². The van der Waals surface area contributed by atoms with Crippen LogP contribution in [0.3, 0.4) is 0 Å². The van der Waals surface area contributed by atoms with Gasteiger partial charge in [0.05, 0.1) is 10.9 Å². The Morgan fingerprint density at radius 3 is 2.64 bits per heavy atom. The highest BCUT2D eigenvalue weighted by Gasteiger charge is 2.59. The van der Waals surface area contributed by atoms with E-state index < -0.39 is 16.0 Å². The molecule has 1 aromatic rings. The number of carboxylic acids is 1. The second kappa shape index (κ2) is 5.07. The summed E-state index contributed by atoms with van der Waals surface area (Å²) in [6.45, 7) is 0.579. The number of hydrogen-bond donors (Lipinski definition) is 2. The molecule has 3 N–H and O–H groups in total. The number of anilines is 1. The van der Waals surface area contributed by atoms with Gasteiger partial charge < -0.3 is 10.8 Å². The molecule has 1 spiro atoms. The molecule has 0 radical (unpaired) electrons. The van der Waals surface area contributed by atoms with Gasteiger partial charge in [-0.25, -0.2) is 13.4 Å². The summed E-state index contributed by atoms with van der Waals surface area (Å²) in [7, 11) is -3.76. The lowest BCUT2D eigenvalue weighted by Gasteiger charge is -2.31. The van der Waals surface area contributed by atoms with E-state index in [2.05, 4.69) is 4.98 Å². The first-order valence-electron chi connectivity index (χ1n) is 6.90. The fourth-order valence-electron chi connectivity index (χ4n) is 3.20. The Morgan fingerprint density at radius 2 is 2.09 bits per heavy atom. The number of nitrogens with zero attached hydrogens (tertiary/aromatic N) is 2. The predicted octanol–water partition coefficient (Wildman–Crippen LogP) is 1.19. The van der Waals surface area contributed by atoms with Gasteiger partial charge >= 0.3 is 5.97 Å². The average molecular weight is 346 g/mol. The Labute approximate surface area is 133 Å². The number of nitrogens with two attached hydrogens (primary N) is 1. The number of carboxylic acid groups (broad SMARTS) is 1. The van der Waals surface area contributed by atoms with Crippen LogP contribution in [0.15, 0.2) is 17.2 Å². The van der Waals surface area contributed by atoms with Crippen molar-refractivity contribution in [1.82, 2.24) is 9.29 Å². The molecule has 1 saturated heterocycles. The normalized spacial score (nSPS) is 24.3. The third-order valence-electron chi connectivity index (χ3n) is 4.67. The van der Waals surface area contributed by atoms with Gasteiger partial charge in [0.2, 0.25) is 10.0 Å². The van der Waals surface area contributed by atoms with Gasteiger partial charge in [-0.05, 0) is 30.7 Å². The van der Waals surface area contributed by atoms with Gasteiger partial charge in [-0.1, -0.05) is 11.6 Å². The zero-order valence-electron chi connectivity index (χ0n) is 11.7. The molecule has 1 atom stereocenters. The van der Waals surface area contributed by atoms with Crippen LogP contribution in [0.5, 0.6) is 0 Å². The lowest BCUT2D eigenvalue weighted by Crippen LogP contribution is -2.40. The molecule has 1 aliphatic carbocycles. The number of halogens is 1. The third kappa shape index (κ3) is 2.45. The summed E-state index contributed by atoms with van der Waals surface area (Å²) in [4.78, 5) is 14.7. The zero-order chi connectivity index (χ0) is 16.1. The zero-order valence-corrected chi connectivity index (χ0v) is 13.3. The average Bonchev–Trinajstić information content (AvgIpc) is 3.16. The van der Waals surface area contributed by atoms with Crippen LogP contribution >= 0.6 is 11.6 Å². The van der Waals surface area contributed by atoms with E-state index in [0.29, 0.717) is 19.3 Å². The molecule has 120 valence electrons. The molecule has 0 aromatic carbocycles. The van der Waals surface area contributed by atoms with Crippen molar-refractivity contribution >= 4 is 33.4 Å². The first-order chi connectivity index (χ1) is 10.3. The number of carbonyl (C=O) groups is 1. The molecule has 2 heterocycles. The van der Waals surface area contributed by atoms with Crippen molar-refractivity contribution in [2.45, 2.75) is 24.2 Å². The van der Waals surface area contributed by atoms with Crippen LogP contribution in [0, 0.1) is 11.3 Å². The van der Waals surface area contributed by atoms with E-state index in [-0.39, 0.29) is 40.2 Å². The summed E-state index contributed by atoms with van der Waals surface area (Å²) in [5.41, 5.74) is 5.43. The second-order valence-electron chi connectivity index (χ2n) is 5.90. The molecule has 1 aromatic heterocycles. The standard InChI is InChI=1S/C13H16ClN3O4S/c14-8-5-10(11(15)16-7-8)22(20,21)17-3-1-13(2-4-17)6-9(13)12(18)19/h5,7,9H,1-4,6H2,(H2,15,16)(H,18,19). The molecule has 0 bridgehead atoms. The van der Waals surface area contributed by atoms with Crippen molar-refractivity contribution in [2.75, 3.05) is 18.8 Å². The molecule has 1 unspecified atom stereocenters. The maximum Gasteiger partial charge on any atom is 0.307 e. The Hall–Kier alpha value is -1.38. The SMILES string of the molecule is Nc1ncc(Cl)cc1S(=O)(=O)N1CCC2(CC1)CC2C(=O)O. The van der Waals surface area contributed by atoms with Crippen LogP contribution in [-0.4, -0.2) is 41.9 Å². The number of nitrogen functional groups attached to an aromatic ring is 1. The second-order valence-corrected chi connectivity index (χ2v) is 8.24. The molecule has 2 fully saturated rings. The number of aliphatic carboxylic acids is 1. The molecule has 1 saturated carbocycles. The molecule has 1 aliphatic heterocycles. The Morgan fingerprint density at radius 1 is 1.45 bits per heavy atom. The monoisotopic (exact) mass is 345 g/mol. The van der Waals surface area contributed by atoms with Gasteiger partial charge in [-0.3, -0.25) is 4.79 Å². The molecule has 3 rings (SSSR count). The van der Waals surface area contributed by atoms with Gasteiger partial charge in [0.1, 0.15) is 10.7 Å². The largest absolute Gasteiger partial charge is 0.481 e. The lowest BCUT2D eigenvalue weighted by atomic mass is 9.92. The number of aromatic nitrogens is 1. The lowest BCUT2D eigenvalue weighted by molar-refractivity contribution is -0.139. The maximum atomic E-state index is 12.6. The van der Waals surface area contributed by atoms with Gasteiger partial charge in [0.15, 0.2) is 0 Å². The smallest absolute Gasteiger partial charge is 0.307 e. The van der Waals surface area contributed by atoms with E-state index in [4.69, 9.17) is 22.4 Å². The summed E-state index contributed by atoms with van der Waals surface area (Å²) in [6.07, 6.45) is 3.04. The van der Waals surface area contributed by atoms with Crippen molar-refractivity contribution < 1.29 is 18.3 Å². The number of piperidine rings is 1. The van der Waals surface area contributed by atoms with E-state index in [9.17, 15) is 13.2 Å². The first-order valence-corrected chi connectivity index (χ1v) is 8.72. The Kier molecular flexibility index (Phi) is 3.58. The van der Waals surface area contributed by atoms with Gasteiger partial charge in [0, 0.05) is 19.3 Å². The van der Waals surface area contributed by atoms with E-state index >= 15 is 0 Å². The van der Waals surface area contributed by atoms with Crippen molar-refractivity contribution in [3.8, 4) is 0 Å². The molecular weight excluding hydrogens is 330 g/mol. The molecule has 22 heavy (non-hydrogen) atoms. The molecule has 0 amide bonds. The number of rotatable bonds is 3. The topological polar surface area (TPSA) is 114 Å². The predicted molar refractivity (Wildman–Crippen MR) is 79.8 cm³/mol. The van der Waals surface area contributed by atoms with Crippen LogP contribution < -0.4 is 5.73 Å². The highest BCUT2D eigenvalue weighted by molar-refractivity contribution is 7.89. The summed E-state index contributed by atoms with van der Waals surface area (Å²) >= 11 is 5.80. The Bertz CT molecular complexity index is 729. The summed E-state index contributed by atoms with van der Waals surface area (Å²) in [5, 5.41) is 9.27. The van der Waals surface area contributed by atoms with Gasteiger partial charge in [0.25, 0.3) is 0 Å². The van der Waals surface area contributed by atoms with Crippen molar-refractivity contribution in [1.29, 1.82) is 0 Å². The molecule has 9 heteroatoms. The van der Waals surface area contributed by atoms with E-state index in [0.717, 1.165) is 0 Å². The third-order valence-corrected chi connectivity index (χ3v) is 6.81. The number of sulfonamides is 1. The Balaban J connectivity index is 1.78. The van der Waals surface area contributed by atoms with Crippen LogP contribution in [-0.2, 0) is 14.8 Å². The van der Waals surface area contributed by atoms with Crippen LogP contribution in [0.4, 0.5) is 5.82 Å². The van der Waals surface area contributed by atoms with E-state index in [1.165, 1.54) is 16.6 Å². The quantitative estimate of drug-likeness (QED) is 0.850. The molecular formula is C13H16ClN3O4S. The van der Waals surface area contributed by atoms with Crippen molar-refractivity contribution in [2.24, 2.45) is 11.3 Å². The summed E-state index contributed by atoms with van der Waals surface area (Å²) < 4.78 is 26.6. The maximum absolute atomic E-state index is 12.6. The van der Waals surface area contributed by atoms with Crippen molar-refractivity contribution in [3.63, 3.8) is 0 Å². The van der Waals surface area contributed by atoms with Crippen molar-refractivity contribution in [3.05, 3.63) is 17.3 Å². The highest BCUT2D eigenvalue weighted by atomic mass is 35.5. The fraction of sp³-hybridized carbons (Fsp3) is 0.538. The fourth-order valence-corrected chi connectivity index (χ4v) is 4.96. The van der Waals surface area contributed by atoms with Crippen LogP contribution in [0.2, 0.25) is 5.02 Å². The minimum absolute atomic E-state index is 0.0838. The van der Waals surface area contributed by atoms with Crippen LogP contribution in [0.25, 0.3) is 0 Å². The number of pyridine rings is 1. The first kappa shape index (κ1) is 15.5. The molecule has 2 aliphatic rings. The van der Waals surface area contributed by atoms with Gasteiger partial charge in [-0.2, -0.15) is 4.31 Å². The molecule has 7 nitrogen and oxygen atoms in total. The number of hydrogen-bond acceptors (Lipinski definition) is 5. The minimum atomic E-state index is -3.76.